The number of aromatic nitrogens is 2. The second-order valence-corrected chi connectivity index (χ2v) is 7.77. The van der Waals surface area contributed by atoms with Crippen molar-refractivity contribution in [3.8, 4) is 0 Å². The van der Waals surface area contributed by atoms with Gasteiger partial charge in [-0.2, -0.15) is 5.10 Å². The quantitative estimate of drug-likeness (QED) is 0.619. The van der Waals surface area contributed by atoms with Crippen LogP contribution in [0.1, 0.15) is 54.4 Å². The number of hydrogen-bond acceptors (Lipinski definition) is 5. The lowest BCUT2D eigenvalue weighted by molar-refractivity contribution is -0.129. The molecule has 1 aliphatic carbocycles. The van der Waals surface area contributed by atoms with Crippen LogP contribution in [-0.4, -0.2) is 34.3 Å². The number of hydrogen-bond donors (Lipinski definition) is 1. The summed E-state index contributed by atoms with van der Waals surface area (Å²) in [6, 6.07) is 1.78. The van der Waals surface area contributed by atoms with Gasteiger partial charge in [-0.25, -0.2) is 4.79 Å². The maximum atomic E-state index is 12.3. The van der Waals surface area contributed by atoms with Gasteiger partial charge in [0.25, 0.3) is 5.91 Å². The van der Waals surface area contributed by atoms with Gasteiger partial charge in [0.1, 0.15) is 9.71 Å². The van der Waals surface area contributed by atoms with Crippen molar-refractivity contribution in [2.45, 2.75) is 52.1 Å². The molecule has 1 atom stereocenters. The Morgan fingerprint density at radius 3 is 2.92 bits per heavy atom. The normalized spacial score (nSPS) is 15.6. The summed E-state index contributed by atoms with van der Waals surface area (Å²) in [6.07, 6.45) is 7.09. The zero-order chi connectivity index (χ0) is 18.7. The van der Waals surface area contributed by atoms with Gasteiger partial charge in [-0.05, 0) is 52.0 Å². The van der Waals surface area contributed by atoms with E-state index in [0.29, 0.717) is 11.4 Å². The number of nitrogens with one attached hydrogen (secondary N) is 1. The van der Waals surface area contributed by atoms with E-state index in [1.54, 1.807) is 17.7 Å². The third-order valence-corrected chi connectivity index (χ3v) is 5.86. The molecular weight excluding hydrogens is 350 g/mol. The number of ether oxygens (including phenoxy) is 1. The van der Waals surface area contributed by atoms with Gasteiger partial charge in [-0.3, -0.25) is 9.48 Å². The van der Waals surface area contributed by atoms with Crippen LogP contribution in [0.2, 0.25) is 0 Å². The SMILES string of the molecule is Cc1nn(C)c2sc(C(=O)O[C@@H](C)C(=O)NCCC3=CCCCC3)cc12. The summed E-state index contributed by atoms with van der Waals surface area (Å²) >= 11 is 1.33. The molecule has 0 fully saturated rings. The number of thiophene rings is 1. The Morgan fingerprint density at radius 1 is 1.42 bits per heavy atom. The van der Waals surface area contributed by atoms with Crippen molar-refractivity contribution in [3.05, 3.63) is 28.3 Å². The van der Waals surface area contributed by atoms with Crippen LogP contribution in [0.3, 0.4) is 0 Å². The summed E-state index contributed by atoms with van der Waals surface area (Å²) in [5.74, 6) is -0.725. The van der Waals surface area contributed by atoms with Crippen LogP contribution in [0.5, 0.6) is 0 Å². The Hall–Kier alpha value is -2.15. The molecule has 1 amide bonds. The lowest BCUT2D eigenvalue weighted by atomic mass is 9.97. The van der Waals surface area contributed by atoms with Crippen LogP contribution in [0.15, 0.2) is 17.7 Å². The maximum absolute atomic E-state index is 12.3. The number of nitrogens with zero attached hydrogens (tertiary/aromatic N) is 2. The minimum absolute atomic E-state index is 0.256. The Bertz CT molecular complexity index is 815. The second kappa shape index (κ2) is 8.03. The van der Waals surface area contributed by atoms with Crippen LogP contribution in [0, 0.1) is 6.92 Å². The lowest BCUT2D eigenvalue weighted by Crippen LogP contribution is -2.36. The van der Waals surface area contributed by atoms with E-state index in [1.165, 1.54) is 29.8 Å². The van der Waals surface area contributed by atoms with Crippen molar-refractivity contribution in [1.82, 2.24) is 15.1 Å². The summed E-state index contributed by atoms with van der Waals surface area (Å²) in [4.78, 5) is 25.9. The molecule has 0 spiro atoms. The summed E-state index contributed by atoms with van der Waals surface area (Å²) < 4.78 is 7.09. The van der Waals surface area contributed by atoms with Gasteiger partial charge in [-0.15, -0.1) is 11.3 Å². The highest BCUT2D eigenvalue weighted by Gasteiger charge is 2.21. The number of amides is 1. The Morgan fingerprint density at radius 2 is 2.23 bits per heavy atom. The summed E-state index contributed by atoms with van der Waals surface area (Å²) in [6.45, 7) is 4.09. The topological polar surface area (TPSA) is 73.2 Å². The second-order valence-electron chi connectivity index (χ2n) is 6.74. The molecule has 2 aromatic rings. The molecule has 0 radical (unpaired) electrons. The van der Waals surface area contributed by atoms with E-state index in [0.717, 1.165) is 35.2 Å². The van der Waals surface area contributed by atoms with Gasteiger partial charge in [0.2, 0.25) is 0 Å². The van der Waals surface area contributed by atoms with Crippen molar-refractivity contribution in [2.75, 3.05) is 6.54 Å². The van der Waals surface area contributed by atoms with E-state index >= 15 is 0 Å². The molecule has 6 nitrogen and oxygen atoms in total. The largest absolute Gasteiger partial charge is 0.448 e. The van der Waals surface area contributed by atoms with Gasteiger partial charge in [-0.1, -0.05) is 11.6 Å². The van der Waals surface area contributed by atoms with Crippen LogP contribution in [0.4, 0.5) is 0 Å². The van der Waals surface area contributed by atoms with Crippen LogP contribution in [-0.2, 0) is 16.6 Å². The predicted molar refractivity (Wildman–Crippen MR) is 102 cm³/mol. The lowest BCUT2D eigenvalue weighted by Gasteiger charge is -2.15. The molecule has 26 heavy (non-hydrogen) atoms. The van der Waals surface area contributed by atoms with Crippen molar-refractivity contribution >= 4 is 33.4 Å². The van der Waals surface area contributed by atoms with E-state index in [4.69, 9.17) is 4.74 Å². The van der Waals surface area contributed by atoms with E-state index in [1.807, 2.05) is 14.0 Å². The van der Waals surface area contributed by atoms with Gasteiger partial charge in [0.05, 0.1) is 5.69 Å². The third-order valence-electron chi connectivity index (χ3n) is 4.68. The molecule has 0 saturated carbocycles. The van der Waals surface area contributed by atoms with E-state index in [-0.39, 0.29) is 5.91 Å². The van der Waals surface area contributed by atoms with Crippen molar-refractivity contribution in [3.63, 3.8) is 0 Å². The van der Waals surface area contributed by atoms with Crippen LogP contribution < -0.4 is 5.32 Å². The third kappa shape index (κ3) is 4.15. The zero-order valence-corrected chi connectivity index (χ0v) is 16.3. The predicted octanol–water partition coefficient (Wildman–Crippen LogP) is 3.50. The first-order valence-electron chi connectivity index (χ1n) is 9.05. The maximum Gasteiger partial charge on any atom is 0.349 e. The smallest absolute Gasteiger partial charge is 0.349 e. The highest BCUT2D eigenvalue weighted by Crippen LogP contribution is 2.28. The Labute approximate surface area is 157 Å². The molecule has 0 bridgehead atoms. The fourth-order valence-electron chi connectivity index (χ4n) is 3.20. The van der Waals surface area contributed by atoms with E-state index in [2.05, 4.69) is 16.5 Å². The molecule has 0 unspecified atom stereocenters. The number of aryl methyl sites for hydroxylation is 2. The van der Waals surface area contributed by atoms with Gasteiger partial charge in [0.15, 0.2) is 6.10 Å². The van der Waals surface area contributed by atoms with Crippen molar-refractivity contribution in [1.29, 1.82) is 0 Å². The molecule has 1 N–H and O–H groups in total. The average molecular weight is 375 g/mol. The first kappa shape index (κ1) is 18.6. The minimum atomic E-state index is -0.813. The van der Waals surface area contributed by atoms with Gasteiger partial charge < -0.3 is 10.1 Å². The summed E-state index contributed by atoms with van der Waals surface area (Å²) in [5.41, 5.74) is 2.29. The van der Waals surface area contributed by atoms with Crippen LogP contribution >= 0.6 is 11.3 Å². The van der Waals surface area contributed by atoms with E-state index < -0.39 is 12.1 Å². The molecular formula is C19H25N3O3S. The van der Waals surface area contributed by atoms with E-state index in [9.17, 15) is 9.59 Å². The zero-order valence-electron chi connectivity index (χ0n) is 15.5. The molecule has 0 aliphatic heterocycles. The molecule has 2 heterocycles. The molecule has 3 rings (SSSR count). The Balaban J connectivity index is 1.51. The molecule has 2 aromatic heterocycles. The van der Waals surface area contributed by atoms with Crippen LogP contribution in [0.25, 0.3) is 10.2 Å². The monoisotopic (exact) mass is 375 g/mol. The number of allylic oxidation sites excluding steroid dienone is 1. The number of fused-ring (bicyclic) bond motifs is 1. The summed E-state index contributed by atoms with van der Waals surface area (Å²) in [7, 11) is 1.85. The van der Waals surface area contributed by atoms with Crippen molar-refractivity contribution < 1.29 is 14.3 Å². The molecule has 0 saturated heterocycles. The van der Waals surface area contributed by atoms with Gasteiger partial charge in [0, 0.05) is 19.0 Å². The standard InChI is InChI=1S/C19H25N3O3S/c1-12-15-11-16(26-18(15)22(3)21-12)19(24)25-13(2)17(23)20-10-9-14-7-5-4-6-8-14/h7,11,13H,4-6,8-10H2,1-3H3,(H,20,23)/t13-/m0/s1. The molecule has 0 aromatic carbocycles. The fraction of sp³-hybridized carbons (Fsp3) is 0.526. The minimum Gasteiger partial charge on any atom is -0.448 e. The first-order chi connectivity index (χ1) is 12.5. The molecule has 140 valence electrons. The number of esters is 1. The highest BCUT2D eigenvalue weighted by atomic mass is 32.1. The number of rotatable bonds is 6. The number of carbonyl (C=O) groups is 2. The molecule has 1 aliphatic rings. The highest BCUT2D eigenvalue weighted by molar-refractivity contribution is 7.20. The summed E-state index contributed by atoms with van der Waals surface area (Å²) in [5, 5.41) is 8.12. The van der Waals surface area contributed by atoms with Gasteiger partial charge >= 0.3 is 5.97 Å². The average Bonchev–Trinajstić information content (AvgIpc) is 3.17. The first-order valence-corrected chi connectivity index (χ1v) is 9.87. The molecule has 7 heteroatoms. The van der Waals surface area contributed by atoms with Crippen molar-refractivity contribution in [2.24, 2.45) is 7.05 Å². The number of carbonyl (C=O) groups excluding carboxylic acids is 2. The fourth-order valence-corrected chi connectivity index (χ4v) is 4.21. The Kier molecular flexibility index (Phi) is 5.76.